The van der Waals surface area contributed by atoms with Crippen LogP contribution in [0.1, 0.15) is 24.8 Å². The molecule has 4 nitrogen and oxygen atoms in total. The smallest absolute Gasteiger partial charge is 0.403 e. The number of rotatable bonds is 4. The molecule has 2 bridgehead atoms. The van der Waals surface area contributed by atoms with Crippen molar-refractivity contribution in [2.75, 3.05) is 0 Å². The number of alkyl halides is 6. The number of carbonyl (C=O) groups excluding carboxylic acids is 1. The molecule has 0 radical (unpaired) electrons. The first kappa shape index (κ1) is 20.5. The fourth-order valence-corrected chi connectivity index (χ4v) is 3.89. The highest BCUT2D eigenvalue weighted by Gasteiger charge is 2.55. The van der Waals surface area contributed by atoms with Gasteiger partial charge in [0.2, 0.25) is 0 Å². The lowest BCUT2D eigenvalue weighted by Crippen LogP contribution is -2.57. The highest BCUT2D eigenvalue weighted by atomic mass is 19.4. The van der Waals surface area contributed by atoms with Crippen LogP contribution in [0.2, 0.25) is 0 Å². The van der Waals surface area contributed by atoms with Crippen LogP contribution in [0.4, 0.5) is 35.5 Å². The van der Waals surface area contributed by atoms with E-state index in [9.17, 15) is 35.5 Å². The van der Waals surface area contributed by atoms with Crippen molar-refractivity contribution in [1.29, 1.82) is 0 Å². The van der Waals surface area contributed by atoms with E-state index in [1.807, 2.05) is 0 Å². The Morgan fingerprint density at radius 3 is 2.36 bits per heavy atom. The third-order valence-electron chi connectivity index (χ3n) is 5.30. The number of carbonyl (C=O) groups is 1. The maximum atomic E-state index is 14.0. The standard InChI is InChI=1S/C17H17F7N2O2/c18-14-8(2-1-3-13(14)28-17(22,23)24)7-25-15(27)26-12-6-11(16(19,20)21)9-4-10(12)5-9/h1-3,9-12H,4-7H2,(H2,25,26,27). The highest BCUT2D eigenvalue weighted by molar-refractivity contribution is 5.74. The fourth-order valence-electron chi connectivity index (χ4n) is 3.89. The van der Waals surface area contributed by atoms with Gasteiger partial charge in [-0.05, 0) is 37.2 Å². The summed E-state index contributed by atoms with van der Waals surface area (Å²) in [4.78, 5) is 12.0. The number of halogens is 7. The van der Waals surface area contributed by atoms with Gasteiger partial charge < -0.3 is 15.4 Å². The first-order valence-corrected chi connectivity index (χ1v) is 8.58. The van der Waals surface area contributed by atoms with Crippen LogP contribution in [0.15, 0.2) is 18.2 Å². The maximum Gasteiger partial charge on any atom is 0.573 e. The highest BCUT2D eigenvalue weighted by Crippen LogP contribution is 2.54. The van der Waals surface area contributed by atoms with Crippen LogP contribution in [0.25, 0.3) is 0 Å². The summed E-state index contributed by atoms with van der Waals surface area (Å²) in [6.07, 6.45) is -8.83. The second kappa shape index (κ2) is 7.32. The van der Waals surface area contributed by atoms with Crippen LogP contribution in [0.3, 0.4) is 0 Å². The van der Waals surface area contributed by atoms with Crippen molar-refractivity contribution in [2.45, 2.75) is 44.4 Å². The van der Waals surface area contributed by atoms with Crippen molar-refractivity contribution in [3.63, 3.8) is 0 Å². The first-order chi connectivity index (χ1) is 12.9. The fraction of sp³-hybridized carbons (Fsp3) is 0.588. The van der Waals surface area contributed by atoms with Gasteiger partial charge >= 0.3 is 18.6 Å². The van der Waals surface area contributed by atoms with Crippen LogP contribution in [0, 0.1) is 23.6 Å². The molecule has 3 aliphatic carbocycles. The molecule has 4 rings (SSSR count). The maximum absolute atomic E-state index is 14.0. The molecule has 3 fully saturated rings. The Balaban J connectivity index is 1.56. The van der Waals surface area contributed by atoms with Crippen molar-refractivity contribution in [3.05, 3.63) is 29.6 Å². The monoisotopic (exact) mass is 414 g/mol. The number of fused-ring (bicyclic) bond motifs is 2. The minimum Gasteiger partial charge on any atom is -0.403 e. The van der Waals surface area contributed by atoms with E-state index in [-0.39, 0.29) is 17.9 Å². The van der Waals surface area contributed by atoms with Crippen LogP contribution in [0.5, 0.6) is 5.75 Å². The number of amides is 2. The lowest BCUT2D eigenvalue weighted by Gasteiger charge is -2.51. The van der Waals surface area contributed by atoms with Crippen LogP contribution in [-0.4, -0.2) is 24.6 Å². The van der Waals surface area contributed by atoms with E-state index in [1.165, 1.54) is 0 Å². The zero-order valence-electron chi connectivity index (χ0n) is 14.3. The Morgan fingerprint density at radius 1 is 1.07 bits per heavy atom. The molecular formula is C17H17F7N2O2. The molecule has 3 saturated carbocycles. The molecule has 0 aromatic heterocycles. The van der Waals surface area contributed by atoms with Gasteiger partial charge in [0, 0.05) is 18.2 Å². The molecule has 3 aliphatic rings. The second-order valence-corrected chi connectivity index (χ2v) is 7.09. The molecule has 2 amide bonds. The van der Waals surface area contributed by atoms with Crippen molar-refractivity contribution >= 4 is 6.03 Å². The van der Waals surface area contributed by atoms with E-state index in [1.54, 1.807) is 0 Å². The van der Waals surface area contributed by atoms with E-state index < -0.39 is 54.6 Å². The van der Waals surface area contributed by atoms with Crippen LogP contribution in [-0.2, 0) is 6.54 Å². The van der Waals surface area contributed by atoms with Gasteiger partial charge in [-0.15, -0.1) is 13.2 Å². The minimum atomic E-state index is -5.07. The van der Waals surface area contributed by atoms with E-state index in [0.29, 0.717) is 12.8 Å². The number of hydrogen-bond acceptors (Lipinski definition) is 2. The van der Waals surface area contributed by atoms with E-state index >= 15 is 0 Å². The predicted molar refractivity (Wildman–Crippen MR) is 82.6 cm³/mol. The molecule has 11 heteroatoms. The quantitative estimate of drug-likeness (QED) is 0.713. The minimum absolute atomic E-state index is 0.0328. The third-order valence-corrected chi connectivity index (χ3v) is 5.30. The van der Waals surface area contributed by atoms with Crippen molar-refractivity contribution in [1.82, 2.24) is 10.6 Å². The van der Waals surface area contributed by atoms with Gasteiger partial charge in [-0.25, -0.2) is 9.18 Å². The van der Waals surface area contributed by atoms with Gasteiger partial charge in [0.25, 0.3) is 0 Å². The summed E-state index contributed by atoms with van der Waals surface area (Å²) in [5.41, 5.74) is -0.252. The molecule has 0 heterocycles. The second-order valence-electron chi connectivity index (χ2n) is 7.09. The zero-order chi connectivity index (χ0) is 20.7. The molecule has 2 atom stereocenters. The summed E-state index contributed by atoms with van der Waals surface area (Å²) in [5, 5.41) is 4.73. The average Bonchev–Trinajstić information content (AvgIpc) is 2.52. The summed E-state index contributed by atoms with van der Waals surface area (Å²) in [5.74, 6) is -4.22. The molecule has 0 aliphatic heterocycles. The first-order valence-electron chi connectivity index (χ1n) is 8.58. The molecule has 0 spiro atoms. The largest absolute Gasteiger partial charge is 0.573 e. The summed E-state index contributed by atoms with van der Waals surface area (Å²) >= 11 is 0. The van der Waals surface area contributed by atoms with Crippen molar-refractivity contribution in [3.8, 4) is 5.75 Å². The van der Waals surface area contributed by atoms with Gasteiger partial charge in [-0.1, -0.05) is 12.1 Å². The van der Waals surface area contributed by atoms with Gasteiger partial charge in [-0.2, -0.15) is 13.2 Å². The SMILES string of the molecule is O=C(NCc1cccc(OC(F)(F)F)c1F)NC1CC(C(F)(F)F)C2CC1C2. The molecule has 2 N–H and O–H groups in total. The van der Waals surface area contributed by atoms with Gasteiger partial charge in [0.05, 0.1) is 5.92 Å². The molecule has 1 aromatic rings. The normalized spacial score (nSPS) is 27.0. The Kier molecular flexibility index (Phi) is 5.37. The number of benzene rings is 1. The van der Waals surface area contributed by atoms with E-state index in [4.69, 9.17) is 0 Å². The Bertz CT molecular complexity index is 729. The number of nitrogens with one attached hydrogen (secondary N) is 2. The third kappa shape index (κ3) is 4.61. The molecule has 2 unspecified atom stereocenters. The lowest BCUT2D eigenvalue weighted by molar-refractivity contribution is -0.275. The Morgan fingerprint density at radius 2 is 1.75 bits per heavy atom. The van der Waals surface area contributed by atoms with E-state index in [0.717, 1.165) is 18.2 Å². The van der Waals surface area contributed by atoms with Gasteiger partial charge in [0.15, 0.2) is 11.6 Å². The summed E-state index contributed by atoms with van der Waals surface area (Å²) in [6, 6.07) is 1.62. The number of hydrogen-bond donors (Lipinski definition) is 2. The summed E-state index contributed by atoms with van der Waals surface area (Å²) in [6.45, 7) is -0.449. The number of ether oxygens (including phenoxy) is 1. The molecule has 28 heavy (non-hydrogen) atoms. The zero-order valence-corrected chi connectivity index (χ0v) is 14.3. The van der Waals surface area contributed by atoms with E-state index in [2.05, 4.69) is 15.4 Å². The summed E-state index contributed by atoms with van der Waals surface area (Å²) in [7, 11) is 0. The van der Waals surface area contributed by atoms with Gasteiger partial charge in [-0.3, -0.25) is 0 Å². The predicted octanol–water partition coefficient (Wildman–Crippen LogP) is 4.50. The van der Waals surface area contributed by atoms with Crippen molar-refractivity contribution in [2.24, 2.45) is 17.8 Å². The Labute approximate surface area is 155 Å². The molecule has 1 aromatic carbocycles. The average molecular weight is 414 g/mol. The molecular weight excluding hydrogens is 397 g/mol. The molecule has 156 valence electrons. The number of urea groups is 1. The Hall–Kier alpha value is -2.20. The molecule has 0 saturated heterocycles. The lowest BCUT2D eigenvalue weighted by atomic mass is 9.57. The van der Waals surface area contributed by atoms with Gasteiger partial charge in [0.1, 0.15) is 0 Å². The van der Waals surface area contributed by atoms with Crippen molar-refractivity contribution < 1.29 is 40.3 Å². The van der Waals surface area contributed by atoms with Crippen LogP contribution >= 0.6 is 0 Å². The topological polar surface area (TPSA) is 50.4 Å². The summed E-state index contributed by atoms with van der Waals surface area (Å²) < 4.78 is 93.4. The van der Waals surface area contributed by atoms with Crippen LogP contribution < -0.4 is 15.4 Å².